The Hall–Kier alpha value is -2.41. The minimum absolute atomic E-state index is 0.123. The zero-order chi connectivity index (χ0) is 15.7. The monoisotopic (exact) mass is 320 g/mol. The Kier molecular flexibility index (Phi) is 3.81. The molecule has 1 aromatic carbocycles. The smallest absolute Gasteiger partial charge is 0.292 e. The number of amides is 1. The molecule has 7 nitrogen and oxygen atoms in total. The fourth-order valence-electron chi connectivity index (χ4n) is 2.63. The third kappa shape index (κ3) is 2.80. The second-order valence-corrected chi connectivity index (χ2v) is 5.61. The maximum Gasteiger partial charge on any atom is 0.292 e. The van der Waals surface area contributed by atoms with E-state index in [1.54, 1.807) is 6.33 Å². The normalized spacial score (nSPS) is 16.9. The molecule has 114 valence electrons. The molecule has 3 rings (SSSR count). The van der Waals surface area contributed by atoms with Crippen molar-refractivity contribution in [1.82, 2.24) is 9.97 Å². The first-order valence-corrected chi connectivity index (χ1v) is 7.18. The van der Waals surface area contributed by atoms with Crippen LogP contribution in [0.15, 0.2) is 24.5 Å². The molecule has 2 aromatic rings. The van der Waals surface area contributed by atoms with E-state index >= 15 is 0 Å². The fourth-order valence-corrected chi connectivity index (χ4v) is 2.80. The van der Waals surface area contributed by atoms with Crippen LogP contribution >= 0.6 is 11.6 Å². The van der Waals surface area contributed by atoms with Crippen LogP contribution in [0.1, 0.15) is 17.8 Å². The number of nitro groups is 1. The van der Waals surface area contributed by atoms with E-state index in [0.717, 1.165) is 11.4 Å². The van der Waals surface area contributed by atoms with Crippen molar-refractivity contribution in [3.05, 3.63) is 51.1 Å². The maximum absolute atomic E-state index is 12.4. The molecule has 0 aliphatic heterocycles. The van der Waals surface area contributed by atoms with Crippen LogP contribution in [-0.2, 0) is 17.6 Å². The average Bonchev–Trinajstić information content (AvgIpc) is 2.94. The van der Waals surface area contributed by atoms with Gasteiger partial charge in [-0.15, -0.1) is 0 Å². The Balaban J connectivity index is 1.78. The van der Waals surface area contributed by atoms with E-state index < -0.39 is 4.92 Å². The van der Waals surface area contributed by atoms with Crippen molar-refractivity contribution in [1.29, 1.82) is 0 Å². The fraction of sp³-hybridized carbons (Fsp3) is 0.286. The van der Waals surface area contributed by atoms with E-state index in [0.29, 0.717) is 24.3 Å². The van der Waals surface area contributed by atoms with Crippen LogP contribution in [0.2, 0.25) is 5.02 Å². The number of nitro benzene ring substituents is 1. The van der Waals surface area contributed by atoms with Gasteiger partial charge in [0.1, 0.15) is 5.69 Å². The van der Waals surface area contributed by atoms with Gasteiger partial charge in [-0.25, -0.2) is 4.98 Å². The number of anilines is 1. The lowest BCUT2D eigenvalue weighted by molar-refractivity contribution is -0.383. The molecule has 1 aromatic heterocycles. The first-order valence-electron chi connectivity index (χ1n) is 6.80. The summed E-state index contributed by atoms with van der Waals surface area (Å²) in [5, 5.41) is 14.0. The molecule has 22 heavy (non-hydrogen) atoms. The number of hydrogen-bond donors (Lipinski definition) is 2. The lowest BCUT2D eigenvalue weighted by Gasteiger charge is -2.20. The first-order chi connectivity index (χ1) is 10.5. The minimum Gasteiger partial charge on any atom is -0.348 e. The number of fused-ring (bicyclic) bond motifs is 1. The number of nitrogens with one attached hydrogen (secondary N) is 2. The van der Waals surface area contributed by atoms with Gasteiger partial charge in [-0.3, -0.25) is 14.9 Å². The highest BCUT2D eigenvalue weighted by Crippen LogP contribution is 2.30. The Morgan fingerprint density at radius 1 is 1.50 bits per heavy atom. The number of imidazole rings is 1. The van der Waals surface area contributed by atoms with Crippen LogP contribution < -0.4 is 5.32 Å². The number of aromatic nitrogens is 2. The van der Waals surface area contributed by atoms with Crippen LogP contribution in [0.25, 0.3) is 0 Å². The Bertz CT molecular complexity index is 743. The molecule has 0 spiro atoms. The summed E-state index contributed by atoms with van der Waals surface area (Å²) in [7, 11) is 0. The molecule has 1 heterocycles. The average molecular weight is 321 g/mol. The van der Waals surface area contributed by atoms with E-state index in [2.05, 4.69) is 15.3 Å². The molecule has 2 N–H and O–H groups in total. The summed E-state index contributed by atoms with van der Waals surface area (Å²) in [6.07, 6.45) is 3.55. The van der Waals surface area contributed by atoms with Gasteiger partial charge in [0.25, 0.3) is 5.69 Å². The number of aromatic amines is 1. The number of aryl methyl sites for hydroxylation is 1. The van der Waals surface area contributed by atoms with Crippen LogP contribution in [0.5, 0.6) is 0 Å². The summed E-state index contributed by atoms with van der Waals surface area (Å²) in [4.78, 5) is 30.1. The standard InChI is InChI=1S/C14H13ClN4O3/c15-9-2-4-13(19(21)22)12(6-9)18-14(20)8-1-3-10-11(5-8)17-7-16-10/h2,4,6-8H,1,3,5H2,(H,16,17)(H,18,20). The van der Waals surface area contributed by atoms with Crippen molar-refractivity contribution in [3.63, 3.8) is 0 Å². The molecule has 8 heteroatoms. The molecule has 1 aliphatic carbocycles. The summed E-state index contributed by atoms with van der Waals surface area (Å²) < 4.78 is 0. The second kappa shape index (κ2) is 5.76. The third-order valence-electron chi connectivity index (χ3n) is 3.77. The summed E-state index contributed by atoms with van der Waals surface area (Å²) in [5.41, 5.74) is 1.89. The van der Waals surface area contributed by atoms with Crippen molar-refractivity contribution < 1.29 is 9.72 Å². The van der Waals surface area contributed by atoms with Gasteiger partial charge in [-0.2, -0.15) is 0 Å². The number of benzene rings is 1. The number of H-pyrrole nitrogens is 1. The Morgan fingerprint density at radius 2 is 2.32 bits per heavy atom. The molecule has 0 saturated carbocycles. The largest absolute Gasteiger partial charge is 0.348 e. The topological polar surface area (TPSA) is 101 Å². The molecule has 0 radical (unpaired) electrons. The molecule has 1 aliphatic rings. The molecular weight excluding hydrogens is 308 g/mol. The van der Waals surface area contributed by atoms with E-state index in [1.165, 1.54) is 18.2 Å². The van der Waals surface area contributed by atoms with Crippen LogP contribution in [-0.4, -0.2) is 20.8 Å². The molecule has 1 amide bonds. The molecular formula is C14H13ClN4O3. The SMILES string of the molecule is O=C(Nc1cc(Cl)ccc1[N+](=O)[O-])C1CCc2nc[nH]c2C1. The molecule has 1 unspecified atom stereocenters. The number of halogens is 1. The maximum atomic E-state index is 12.4. The lowest BCUT2D eigenvalue weighted by Crippen LogP contribution is -2.28. The zero-order valence-corrected chi connectivity index (χ0v) is 12.3. The highest BCUT2D eigenvalue weighted by molar-refractivity contribution is 6.31. The predicted molar refractivity (Wildman–Crippen MR) is 80.8 cm³/mol. The van der Waals surface area contributed by atoms with Crippen LogP contribution in [0, 0.1) is 16.0 Å². The van der Waals surface area contributed by atoms with Gasteiger partial charge in [0.15, 0.2) is 0 Å². The van der Waals surface area contributed by atoms with Crippen molar-refractivity contribution >= 4 is 28.9 Å². The Morgan fingerprint density at radius 3 is 3.09 bits per heavy atom. The van der Waals surface area contributed by atoms with Gasteiger partial charge in [0, 0.05) is 29.1 Å². The Labute approximate surface area is 130 Å². The molecule has 0 fully saturated rings. The summed E-state index contributed by atoms with van der Waals surface area (Å²) in [6.45, 7) is 0. The summed E-state index contributed by atoms with van der Waals surface area (Å²) >= 11 is 5.86. The number of carbonyl (C=O) groups is 1. The number of rotatable bonds is 3. The van der Waals surface area contributed by atoms with Crippen molar-refractivity contribution in [2.24, 2.45) is 5.92 Å². The van der Waals surface area contributed by atoms with Gasteiger partial charge >= 0.3 is 0 Å². The van der Waals surface area contributed by atoms with Gasteiger partial charge < -0.3 is 10.3 Å². The third-order valence-corrected chi connectivity index (χ3v) is 4.01. The van der Waals surface area contributed by atoms with Gasteiger partial charge in [-0.1, -0.05) is 11.6 Å². The summed E-state index contributed by atoms with van der Waals surface area (Å²) in [5.74, 6) is -0.489. The number of carbonyl (C=O) groups excluding carboxylic acids is 1. The highest BCUT2D eigenvalue weighted by Gasteiger charge is 2.27. The van der Waals surface area contributed by atoms with Gasteiger partial charge in [-0.05, 0) is 25.0 Å². The number of hydrogen-bond acceptors (Lipinski definition) is 4. The number of nitrogens with zero attached hydrogens (tertiary/aromatic N) is 2. The lowest BCUT2D eigenvalue weighted by atomic mass is 9.89. The zero-order valence-electron chi connectivity index (χ0n) is 11.5. The van der Waals surface area contributed by atoms with E-state index in [1.807, 2.05) is 0 Å². The highest BCUT2D eigenvalue weighted by atomic mass is 35.5. The van der Waals surface area contributed by atoms with Crippen molar-refractivity contribution in [3.8, 4) is 0 Å². The van der Waals surface area contributed by atoms with E-state index in [-0.39, 0.29) is 23.2 Å². The molecule has 1 atom stereocenters. The second-order valence-electron chi connectivity index (χ2n) is 5.18. The van der Waals surface area contributed by atoms with Gasteiger partial charge in [0.2, 0.25) is 5.91 Å². The first kappa shape index (κ1) is 14.5. The van der Waals surface area contributed by atoms with Crippen LogP contribution in [0.4, 0.5) is 11.4 Å². The predicted octanol–water partition coefficient (Wildman–Crippen LogP) is 2.71. The molecule has 0 bridgehead atoms. The van der Waals surface area contributed by atoms with Crippen molar-refractivity contribution in [2.45, 2.75) is 19.3 Å². The van der Waals surface area contributed by atoms with Crippen molar-refractivity contribution in [2.75, 3.05) is 5.32 Å². The van der Waals surface area contributed by atoms with Crippen LogP contribution in [0.3, 0.4) is 0 Å². The minimum atomic E-state index is -0.542. The van der Waals surface area contributed by atoms with E-state index in [4.69, 9.17) is 11.6 Å². The molecule has 0 saturated heterocycles. The summed E-state index contributed by atoms with van der Waals surface area (Å²) in [6, 6.07) is 4.10. The quantitative estimate of drug-likeness (QED) is 0.670. The van der Waals surface area contributed by atoms with Gasteiger partial charge in [0.05, 0.1) is 16.9 Å². The van der Waals surface area contributed by atoms with E-state index in [9.17, 15) is 14.9 Å².